The van der Waals surface area contributed by atoms with E-state index in [1.165, 1.54) is 6.08 Å². The Bertz CT molecular complexity index is 474. The van der Waals surface area contributed by atoms with E-state index >= 15 is 0 Å². The maximum Gasteiger partial charge on any atom is 0.434 e. The van der Waals surface area contributed by atoms with Crippen molar-refractivity contribution in [2.24, 2.45) is 4.99 Å². The topological polar surface area (TPSA) is 55.7 Å². The third-order valence-corrected chi connectivity index (χ3v) is 2.07. The van der Waals surface area contributed by atoms with E-state index in [0.29, 0.717) is 0 Å². The van der Waals surface area contributed by atoms with Gasteiger partial charge in [-0.15, -0.1) is 0 Å². The molecule has 0 saturated heterocycles. The Hall–Kier alpha value is -2.23. The van der Waals surface area contributed by atoms with Crippen LogP contribution in [0.25, 0.3) is 6.08 Å². The van der Waals surface area contributed by atoms with E-state index in [1.54, 1.807) is 6.08 Å². The number of nitrogens with zero attached hydrogens (tertiary/aromatic N) is 1. The van der Waals surface area contributed by atoms with Gasteiger partial charge in [0.05, 0.1) is 0 Å². The fourth-order valence-electron chi connectivity index (χ4n) is 1.26. The van der Waals surface area contributed by atoms with Crippen LogP contribution in [0.15, 0.2) is 41.4 Å². The van der Waals surface area contributed by atoms with Gasteiger partial charge >= 0.3 is 6.09 Å². The summed E-state index contributed by atoms with van der Waals surface area (Å²) in [5.74, 6) is -0.297. The van der Waals surface area contributed by atoms with Crippen LogP contribution >= 0.6 is 0 Å². The molecule has 1 aliphatic rings. The SMILES string of the molecule is O=C1N=C(C(=O)C=Cc2ccccc2)CO1. The zero-order valence-electron chi connectivity index (χ0n) is 8.42. The summed E-state index contributed by atoms with van der Waals surface area (Å²) < 4.78 is 4.54. The van der Waals surface area contributed by atoms with Crippen LogP contribution < -0.4 is 0 Å². The molecule has 0 radical (unpaired) electrons. The highest BCUT2D eigenvalue weighted by molar-refractivity contribution is 6.47. The van der Waals surface area contributed by atoms with Crippen LogP contribution in [0.4, 0.5) is 4.79 Å². The zero-order chi connectivity index (χ0) is 11.4. The van der Waals surface area contributed by atoms with Crippen molar-refractivity contribution in [2.45, 2.75) is 0 Å². The number of hydrogen-bond acceptors (Lipinski definition) is 3. The lowest BCUT2D eigenvalue weighted by molar-refractivity contribution is -0.108. The maximum absolute atomic E-state index is 11.5. The average molecular weight is 215 g/mol. The van der Waals surface area contributed by atoms with Crippen LogP contribution in [0.5, 0.6) is 0 Å². The van der Waals surface area contributed by atoms with Crippen molar-refractivity contribution >= 4 is 23.7 Å². The monoisotopic (exact) mass is 215 g/mol. The normalized spacial score (nSPS) is 15.0. The van der Waals surface area contributed by atoms with E-state index in [2.05, 4.69) is 9.73 Å². The molecule has 1 amide bonds. The first kappa shape index (κ1) is 10.3. The second-order valence-corrected chi connectivity index (χ2v) is 3.22. The highest BCUT2D eigenvalue weighted by Crippen LogP contribution is 2.03. The number of benzene rings is 1. The molecule has 0 aliphatic carbocycles. The summed E-state index contributed by atoms with van der Waals surface area (Å²) in [5, 5.41) is 0. The molecule has 4 nitrogen and oxygen atoms in total. The Kier molecular flexibility index (Phi) is 2.91. The third kappa shape index (κ3) is 2.42. The van der Waals surface area contributed by atoms with Crippen molar-refractivity contribution in [1.82, 2.24) is 0 Å². The van der Waals surface area contributed by atoms with Crippen LogP contribution in [0, 0.1) is 0 Å². The minimum Gasteiger partial charge on any atom is -0.441 e. The Balaban J connectivity index is 2.06. The van der Waals surface area contributed by atoms with Gasteiger partial charge in [0, 0.05) is 0 Å². The van der Waals surface area contributed by atoms with Crippen LogP contribution in [-0.2, 0) is 9.53 Å². The molecule has 1 aromatic carbocycles. The fraction of sp³-hybridized carbons (Fsp3) is 0.0833. The highest BCUT2D eigenvalue weighted by atomic mass is 16.6. The molecule has 1 aromatic rings. The molecule has 0 atom stereocenters. The van der Waals surface area contributed by atoms with Gasteiger partial charge in [-0.1, -0.05) is 36.4 Å². The van der Waals surface area contributed by atoms with Crippen LogP contribution in [0.1, 0.15) is 5.56 Å². The van der Waals surface area contributed by atoms with Crippen molar-refractivity contribution in [2.75, 3.05) is 6.61 Å². The number of carbonyl (C=O) groups excluding carboxylic acids is 2. The summed E-state index contributed by atoms with van der Waals surface area (Å²) in [6.07, 6.45) is 2.36. The number of ketones is 1. The molecule has 0 aromatic heterocycles. The third-order valence-electron chi connectivity index (χ3n) is 2.07. The second-order valence-electron chi connectivity index (χ2n) is 3.22. The van der Waals surface area contributed by atoms with Crippen molar-refractivity contribution in [3.63, 3.8) is 0 Å². The van der Waals surface area contributed by atoms with Gasteiger partial charge in [-0.3, -0.25) is 4.79 Å². The number of allylic oxidation sites excluding steroid dienone is 1. The van der Waals surface area contributed by atoms with Gasteiger partial charge in [0.15, 0.2) is 0 Å². The molecule has 1 heterocycles. The number of ether oxygens (including phenoxy) is 1. The first-order valence-electron chi connectivity index (χ1n) is 4.77. The summed E-state index contributed by atoms with van der Waals surface area (Å²) >= 11 is 0. The summed E-state index contributed by atoms with van der Waals surface area (Å²) in [7, 11) is 0. The van der Waals surface area contributed by atoms with Gasteiger partial charge in [-0.05, 0) is 11.6 Å². The van der Waals surface area contributed by atoms with Crippen LogP contribution in [-0.4, -0.2) is 24.2 Å². The molecule has 0 unspecified atom stereocenters. The maximum atomic E-state index is 11.5. The van der Waals surface area contributed by atoms with Crippen molar-refractivity contribution in [1.29, 1.82) is 0 Å². The molecule has 0 saturated carbocycles. The van der Waals surface area contributed by atoms with Crippen LogP contribution in [0.2, 0.25) is 0 Å². The fourth-order valence-corrected chi connectivity index (χ4v) is 1.26. The Labute approximate surface area is 92.3 Å². The first-order valence-corrected chi connectivity index (χ1v) is 4.77. The molecule has 16 heavy (non-hydrogen) atoms. The summed E-state index contributed by atoms with van der Waals surface area (Å²) in [6.45, 7) is -0.0310. The number of rotatable bonds is 3. The van der Waals surface area contributed by atoms with E-state index in [1.807, 2.05) is 30.3 Å². The van der Waals surface area contributed by atoms with E-state index in [4.69, 9.17) is 0 Å². The van der Waals surface area contributed by atoms with Crippen molar-refractivity contribution in [3.05, 3.63) is 42.0 Å². The van der Waals surface area contributed by atoms with Gasteiger partial charge in [-0.2, -0.15) is 4.99 Å². The predicted octanol–water partition coefficient (Wildman–Crippen LogP) is 1.86. The lowest BCUT2D eigenvalue weighted by Gasteiger charge is -1.92. The Morgan fingerprint density at radius 1 is 1.31 bits per heavy atom. The number of cyclic esters (lactones) is 1. The van der Waals surface area contributed by atoms with Gasteiger partial charge in [-0.25, -0.2) is 4.79 Å². The average Bonchev–Trinajstić information content (AvgIpc) is 2.74. The minimum absolute atomic E-state index is 0.0310. The lowest BCUT2D eigenvalue weighted by atomic mass is 10.1. The molecule has 0 bridgehead atoms. The standard InChI is InChI=1S/C12H9NO3/c14-11(10-8-16-12(15)13-10)7-6-9-4-2-1-3-5-9/h1-7H,8H2. The van der Waals surface area contributed by atoms with Crippen LogP contribution in [0.3, 0.4) is 0 Å². The van der Waals surface area contributed by atoms with Gasteiger partial charge in [0.1, 0.15) is 12.3 Å². The van der Waals surface area contributed by atoms with E-state index in [9.17, 15) is 9.59 Å². The van der Waals surface area contributed by atoms with Gasteiger partial charge in [0.2, 0.25) is 5.78 Å². The smallest absolute Gasteiger partial charge is 0.434 e. The molecular formula is C12H9NO3. The summed E-state index contributed by atoms with van der Waals surface area (Å²) in [6, 6.07) is 9.41. The van der Waals surface area contributed by atoms with Gasteiger partial charge < -0.3 is 4.74 Å². The van der Waals surface area contributed by atoms with E-state index in [-0.39, 0.29) is 18.1 Å². The minimum atomic E-state index is -0.698. The quantitative estimate of drug-likeness (QED) is 0.723. The van der Waals surface area contributed by atoms with Crippen molar-refractivity contribution < 1.29 is 14.3 Å². The zero-order valence-corrected chi connectivity index (χ0v) is 8.42. The highest BCUT2D eigenvalue weighted by Gasteiger charge is 2.19. The Morgan fingerprint density at radius 3 is 2.69 bits per heavy atom. The number of hydrogen-bond donors (Lipinski definition) is 0. The molecule has 2 rings (SSSR count). The molecular weight excluding hydrogens is 206 g/mol. The number of amides is 1. The number of carbonyl (C=O) groups is 2. The van der Waals surface area contributed by atoms with Gasteiger partial charge in [0.25, 0.3) is 0 Å². The molecule has 0 fully saturated rings. The molecule has 0 N–H and O–H groups in total. The van der Waals surface area contributed by atoms with E-state index in [0.717, 1.165) is 5.56 Å². The lowest BCUT2D eigenvalue weighted by Crippen LogP contribution is -2.12. The molecule has 80 valence electrons. The summed E-state index contributed by atoms with van der Waals surface area (Å²) in [5.41, 5.74) is 1.07. The first-order chi connectivity index (χ1) is 7.75. The van der Waals surface area contributed by atoms with Crippen molar-refractivity contribution in [3.8, 4) is 0 Å². The predicted molar refractivity (Wildman–Crippen MR) is 59.3 cm³/mol. The largest absolute Gasteiger partial charge is 0.441 e. The molecule has 4 heteroatoms. The summed E-state index contributed by atoms with van der Waals surface area (Å²) in [4.78, 5) is 25.6. The Morgan fingerprint density at radius 2 is 2.06 bits per heavy atom. The second kappa shape index (κ2) is 4.53. The molecule has 1 aliphatic heterocycles. The number of aliphatic imine (C=N–C) groups is 1. The van der Waals surface area contributed by atoms with E-state index < -0.39 is 6.09 Å². The molecule has 0 spiro atoms.